The summed E-state index contributed by atoms with van der Waals surface area (Å²) in [6, 6.07) is 15.7. The predicted octanol–water partition coefficient (Wildman–Crippen LogP) is 3.12. The SMILES string of the molecule is COCCN1C(=O)CC[C@@H](C(=O)NCc2nc3ccccc3n2C)[C@H]1c1ccc(C)cc1. The largest absolute Gasteiger partial charge is 0.383 e. The number of nitrogens with zero attached hydrogens (tertiary/aromatic N) is 3. The normalized spacial score (nSPS) is 18.8. The highest BCUT2D eigenvalue weighted by atomic mass is 16.5. The molecule has 0 saturated carbocycles. The summed E-state index contributed by atoms with van der Waals surface area (Å²) in [7, 11) is 3.58. The maximum absolute atomic E-state index is 13.4. The highest BCUT2D eigenvalue weighted by Gasteiger charge is 2.40. The van der Waals surface area contributed by atoms with Gasteiger partial charge >= 0.3 is 0 Å². The first-order chi connectivity index (χ1) is 15.5. The first-order valence-electron chi connectivity index (χ1n) is 11.0. The number of rotatable bonds is 7. The summed E-state index contributed by atoms with van der Waals surface area (Å²) in [6.07, 6.45) is 0.881. The van der Waals surface area contributed by atoms with Crippen molar-refractivity contribution in [3.05, 3.63) is 65.5 Å². The van der Waals surface area contributed by atoms with Crippen molar-refractivity contribution in [3.8, 4) is 0 Å². The van der Waals surface area contributed by atoms with Crippen LogP contribution in [0, 0.1) is 12.8 Å². The van der Waals surface area contributed by atoms with Crippen molar-refractivity contribution >= 4 is 22.8 Å². The minimum Gasteiger partial charge on any atom is -0.383 e. The molecule has 0 bridgehead atoms. The van der Waals surface area contributed by atoms with Crippen LogP contribution in [-0.2, 0) is 27.9 Å². The number of likely N-dealkylation sites (tertiary alicyclic amines) is 1. The smallest absolute Gasteiger partial charge is 0.225 e. The molecule has 1 aromatic heterocycles. The highest BCUT2D eigenvalue weighted by Crippen LogP contribution is 2.37. The molecule has 1 fully saturated rings. The number of amides is 2. The number of imidazole rings is 1. The van der Waals surface area contributed by atoms with Gasteiger partial charge in [-0.2, -0.15) is 0 Å². The second kappa shape index (κ2) is 9.53. The van der Waals surface area contributed by atoms with Gasteiger partial charge in [-0.05, 0) is 31.0 Å². The molecular weight excluding hydrogens is 404 g/mol. The van der Waals surface area contributed by atoms with Crippen LogP contribution in [0.15, 0.2) is 48.5 Å². The molecule has 0 aliphatic carbocycles. The van der Waals surface area contributed by atoms with Crippen LogP contribution in [0.3, 0.4) is 0 Å². The summed E-state index contributed by atoms with van der Waals surface area (Å²) >= 11 is 0. The number of fused-ring (bicyclic) bond motifs is 1. The molecule has 2 aromatic carbocycles. The molecule has 7 heteroatoms. The molecule has 32 heavy (non-hydrogen) atoms. The van der Waals surface area contributed by atoms with Crippen LogP contribution in [0.1, 0.15) is 35.8 Å². The van der Waals surface area contributed by atoms with Gasteiger partial charge in [-0.25, -0.2) is 4.98 Å². The van der Waals surface area contributed by atoms with Gasteiger partial charge in [0.05, 0.1) is 36.1 Å². The fourth-order valence-electron chi connectivity index (χ4n) is 4.51. The van der Waals surface area contributed by atoms with Crippen molar-refractivity contribution in [2.45, 2.75) is 32.4 Å². The average Bonchev–Trinajstić information content (AvgIpc) is 3.12. The van der Waals surface area contributed by atoms with Crippen LogP contribution < -0.4 is 5.32 Å². The van der Waals surface area contributed by atoms with Gasteiger partial charge in [-0.3, -0.25) is 9.59 Å². The van der Waals surface area contributed by atoms with E-state index in [1.165, 1.54) is 0 Å². The molecule has 0 radical (unpaired) electrons. The van der Waals surface area contributed by atoms with E-state index < -0.39 is 0 Å². The average molecular weight is 435 g/mol. The molecule has 1 saturated heterocycles. The number of ether oxygens (including phenoxy) is 1. The molecule has 3 aromatic rings. The third-order valence-electron chi connectivity index (χ3n) is 6.30. The number of benzene rings is 2. The monoisotopic (exact) mass is 434 g/mol. The number of methoxy groups -OCH3 is 1. The molecule has 168 valence electrons. The van der Waals surface area contributed by atoms with E-state index in [1.807, 2.05) is 67.1 Å². The van der Waals surface area contributed by atoms with Gasteiger partial charge in [0.1, 0.15) is 5.82 Å². The molecule has 2 amide bonds. The molecule has 1 aliphatic rings. The first-order valence-corrected chi connectivity index (χ1v) is 11.0. The minimum atomic E-state index is -0.332. The molecule has 1 N–H and O–H groups in total. The minimum absolute atomic E-state index is 0.0578. The zero-order valence-corrected chi connectivity index (χ0v) is 18.9. The van der Waals surface area contributed by atoms with Crippen molar-refractivity contribution in [2.75, 3.05) is 20.3 Å². The Morgan fingerprint density at radius 2 is 1.94 bits per heavy atom. The molecular formula is C25H30N4O3. The van der Waals surface area contributed by atoms with E-state index in [4.69, 9.17) is 4.74 Å². The van der Waals surface area contributed by atoms with Crippen molar-refractivity contribution < 1.29 is 14.3 Å². The fourth-order valence-corrected chi connectivity index (χ4v) is 4.51. The summed E-state index contributed by atoms with van der Waals surface area (Å²) in [5.41, 5.74) is 4.05. The van der Waals surface area contributed by atoms with E-state index in [0.29, 0.717) is 32.5 Å². The van der Waals surface area contributed by atoms with E-state index in [1.54, 1.807) is 12.0 Å². The number of para-hydroxylation sites is 2. The highest BCUT2D eigenvalue weighted by molar-refractivity contribution is 5.85. The van der Waals surface area contributed by atoms with E-state index in [-0.39, 0.29) is 23.8 Å². The van der Waals surface area contributed by atoms with E-state index >= 15 is 0 Å². The molecule has 2 atom stereocenters. The number of hydrogen-bond acceptors (Lipinski definition) is 4. The Balaban J connectivity index is 1.57. The zero-order valence-electron chi connectivity index (χ0n) is 18.9. The topological polar surface area (TPSA) is 76.5 Å². The van der Waals surface area contributed by atoms with Gasteiger partial charge in [-0.1, -0.05) is 42.0 Å². The Hall–Kier alpha value is -3.19. The van der Waals surface area contributed by atoms with Gasteiger partial charge in [0, 0.05) is 27.1 Å². The predicted molar refractivity (Wildman–Crippen MR) is 123 cm³/mol. The van der Waals surface area contributed by atoms with E-state index in [9.17, 15) is 9.59 Å². The van der Waals surface area contributed by atoms with Crippen molar-refractivity contribution in [1.82, 2.24) is 19.8 Å². The third kappa shape index (κ3) is 4.39. The molecule has 7 nitrogen and oxygen atoms in total. The lowest BCUT2D eigenvalue weighted by atomic mass is 9.83. The second-order valence-electron chi connectivity index (χ2n) is 8.37. The quantitative estimate of drug-likeness (QED) is 0.620. The number of hydrogen-bond donors (Lipinski definition) is 1. The Morgan fingerprint density at radius 1 is 1.19 bits per heavy atom. The summed E-state index contributed by atoms with van der Waals surface area (Å²) in [5, 5.41) is 3.08. The number of nitrogens with one attached hydrogen (secondary N) is 1. The van der Waals surface area contributed by atoms with Gasteiger partial charge in [0.25, 0.3) is 0 Å². The van der Waals surface area contributed by atoms with Crippen LogP contribution in [0.25, 0.3) is 11.0 Å². The van der Waals surface area contributed by atoms with Gasteiger partial charge in [0.15, 0.2) is 0 Å². The summed E-state index contributed by atoms with van der Waals surface area (Å²) in [4.78, 5) is 32.6. The number of carbonyl (C=O) groups is 2. The first kappa shape index (κ1) is 22.0. The van der Waals surface area contributed by atoms with Crippen LogP contribution in [0.4, 0.5) is 0 Å². The molecule has 2 heterocycles. The maximum Gasteiger partial charge on any atom is 0.225 e. The van der Waals surface area contributed by atoms with Crippen LogP contribution in [0.2, 0.25) is 0 Å². The Morgan fingerprint density at radius 3 is 2.66 bits per heavy atom. The summed E-state index contributed by atoms with van der Waals surface area (Å²) in [6.45, 7) is 3.26. The Bertz CT molecular complexity index is 1110. The van der Waals surface area contributed by atoms with Crippen LogP contribution in [0.5, 0.6) is 0 Å². The van der Waals surface area contributed by atoms with Gasteiger partial charge in [-0.15, -0.1) is 0 Å². The van der Waals surface area contributed by atoms with Gasteiger partial charge in [0.2, 0.25) is 11.8 Å². The lowest BCUT2D eigenvalue weighted by Crippen LogP contribution is -2.49. The number of aromatic nitrogens is 2. The molecule has 1 aliphatic heterocycles. The number of aryl methyl sites for hydroxylation is 2. The van der Waals surface area contributed by atoms with Crippen molar-refractivity contribution in [2.24, 2.45) is 13.0 Å². The van der Waals surface area contributed by atoms with Crippen molar-refractivity contribution in [1.29, 1.82) is 0 Å². The van der Waals surface area contributed by atoms with Crippen LogP contribution in [-0.4, -0.2) is 46.5 Å². The van der Waals surface area contributed by atoms with Crippen LogP contribution >= 0.6 is 0 Å². The lowest BCUT2D eigenvalue weighted by Gasteiger charge is -2.40. The Kier molecular flexibility index (Phi) is 6.55. The number of carbonyl (C=O) groups excluding carboxylic acids is 2. The third-order valence-corrected chi connectivity index (χ3v) is 6.30. The number of piperidine rings is 1. The lowest BCUT2D eigenvalue weighted by molar-refractivity contribution is -0.144. The molecule has 0 spiro atoms. The van der Waals surface area contributed by atoms with Gasteiger partial charge < -0.3 is 19.5 Å². The maximum atomic E-state index is 13.4. The van der Waals surface area contributed by atoms with E-state index in [2.05, 4.69) is 10.3 Å². The standard InChI is InChI=1S/C25H30N4O3/c1-17-8-10-18(11-9-17)24-19(12-13-23(30)29(24)14-15-32-3)25(31)26-16-22-27-20-6-4-5-7-21(20)28(22)2/h4-11,19,24H,12-16H2,1-3H3,(H,26,31)/t19-,24-/m1/s1. The molecule has 0 unspecified atom stereocenters. The second-order valence-corrected chi connectivity index (χ2v) is 8.37. The summed E-state index contributed by atoms with van der Waals surface area (Å²) < 4.78 is 7.24. The fraction of sp³-hybridized carbons (Fsp3) is 0.400. The molecule has 4 rings (SSSR count). The van der Waals surface area contributed by atoms with Crippen molar-refractivity contribution in [3.63, 3.8) is 0 Å². The Labute approximate surface area is 188 Å². The summed E-state index contributed by atoms with van der Waals surface area (Å²) in [5.74, 6) is 0.473. The zero-order chi connectivity index (χ0) is 22.7. The van der Waals surface area contributed by atoms with E-state index in [0.717, 1.165) is 28.0 Å².